The van der Waals surface area contributed by atoms with Crippen LogP contribution >= 0.6 is 0 Å². The quantitative estimate of drug-likeness (QED) is 0.548. The second-order valence-electron chi connectivity index (χ2n) is 6.29. The molecule has 0 bridgehead atoms. The van der Waals surface area contributed by atoms with Gasteiger partial charge in [0.2, 0.25) is 0 Å². The first kappa shape index (κ1) is 19.4. The second kappa shape index (κ2) is 8.13. The summed E-state index contributed by atoms with van der Waals surface area (Å²) in [5.41, 5.74) is 3.49. The molecule has 2 aromatic carbocycles. The molecule has 0 saturated carbocycles. The number of hydrogen-bond donors (Lipinski definition) is 1. The molecule has 0 fully saturated rings. The van der Waals surface area contributed by atoms with Crippen molar-refractivity contribution in [2.75, 3.05) is 12.4 Å². The standard InChI is InChI=1S/C23H21F2N3/c1-5-7-8-15(6-2)22-27-21-14(3)19(9-10-20(21)23(26-4)28-22)16-11-17(24)13-18(25)12-16/h5-13H,2H2,1,3-4H3,(H,26,27,28)/b7-5-,15-8+. The molecule has 0 unspecified atom stereocenters. The van der Waals surface area contributed by atoms with Crippen LogP contribution in [0.2, 0.25) is 0 Å². The third kappa shape index (κ3) is 3.69. The molecule has 5 heteroatoms. The summed E-state index contributed by atoms with van der Waals surface area (Å²) in [7, 11) is 1.79. The number of benzene rings is 2. The van der Waals surface area contributed by atoms with Gasteiger partial charge in [0, 0.05) is 24.1 Å². The van der Waals surface area contributed by atoms with Crippen LogP contribution in [-0.2, 0) is 0 Å². The highest BCUT2D eigenvalue weighted by Crippen LogP contribution is 2.33. The molecule has 1 heterocycles. The number of nitrogens with zero attached hydrogens (tertiary/aromatic N) is 2. The summed E-state index contributed by atoms with van der Waals surface area (Å²) in [6, 6.07) is 7.19. The molecule has 3 nitrogen and oxygen atoms in total. The monoisotopic (exact) mass is 377 g/mol. The molecular formula is C23H21F2N3. The third-order valence-corrected chi connectivity index (χ3v) is 4.48. The zero-order valence-electron chi connectivity index (χ0n) is 16.1. The fourth-order valence-electron chi connectivity index (χ4n) is 3.11. The van der Waals surface area contributed by atoms with Crippen LogP contribution in [0.1, 0.15) is 18.3 Å². The van der Waals surface area contributed by atoms with Crippen LogP contribution in [0.5, 0.6) is 0 Å². The smallest absolute Gasteiger partial charge is 0.162 e. The van der Waals surface area contributed by atoms with E-state index in [9.17, 15) is 8.78 Å². The van der Waals surface area contributed by atoms with Gasteiger partial charge in [0.25, 0.3) is 0 Å². The predicted molar refractivity (Wildman–Crippen MR) is 112 cm³/mol. The van der Waals surface area contributed by atoms with Crippen molar-refractivity contribution in [3.8, 4) is 11.1 Å². The van der Waals surface area contributed by atoms with Crippen LogP contribution in [-0.4, -0.2) is 17.0 Å². The molecule has 0 aliphatic carbocycles. The van der Waals surface area contributed by atoms with Crippen LogP contribution in [0.4, 0.5) is 14.6 Å². The van der Waals surface area contributed by atoms with Gasteiger partial charge >= 0.3 is 0 Å². The van der Waals surface area contributed by atoms with E-state index < -0.39 is 11.6 Å². The summed E-state index contributed by atoms with van der Waals surface area (Å²) in [6.45, 7) is 7.66. The van der Waals surface area contributed by atoms with Gasteiger partial charge in [-0.1, -0.05) is 36.9 Å². The molecule has 0 spiro atoms. The van der Waals surface area contributed by atoms with Gasteiger partial charge < -0.3 is 5.32 Å². The highest BCUT2D eigenvalue weighted by molar-refractivity contribution is 5.96. The summed E-state index contributed by atoms with van der Waals surface area (Å²) in [5, 5.41) is 3.93. The minimum absolute atomic E-state index is 0.469. The van der Waals surface area contributed by atoms with E-state index >= 15 is 0 Å². The molecule has 1 aromatic heterocycles. The SMILES string of the molecule is C=C/C(=C\C=C/C)c1nc(NC)c2ccc(-c3cc(F)cc(F)c3)c(C)c2n1. The van der Waals surface area contributed by atoms with E-state index in [2.05, 4.69) is 16.9 Å². The van der Waals surface area contributed by atoms with E-state index in [1.165, 1.54) is 12.1 Å². The molecule has 142 valence electrons. The first-order valence-electron chi connectivity index (χ1n) is 8.89. The normalized spacial score (nSPS) is 12.0. The van der Waals surface area contributed by atoms with Crippen LogP contribution in [0.15, 0.2) is 61.2 Å². The minimum Gasteiger partial charge on any atom is -0.373 e. The Hall–Kier alpha value is -3.34. The topological polar surface area (TPSA) is 37.8 Å². The summed E-state index contributed by atoms with van der Waals surface area (Å²) >= 11 is 0. The van der Waals surface area contributed by atoms with Crippen molar-refractivity contribution in [2.24, 2.45) is 0 Å². The van der Waals surface area contributed by atoms with Crippen LogP contribution in [0, 0.1) is 18.6 Å². The number of fused-ring (bicyclic) bond motifs is 1. The number of allylic oxidation sites excluding steroid dienone is 5. The maximum absolute atomic E-state index is 13.7. The Morgan fingerprint density at radius 2 is 1.82 bits per heavy atom. The highest BCUT2D eigenvalue weighted by Gasteiger charge is 2.14. The number of hydrogen-bond acceptors (Lipinski definition) is 3. The van der Waals surface area contributed by atoms with E-state index in [0.717, 1.165) is 28.2 Å². The van der Waals surface area contributed by atoms with Crippen molar-refractivity contribution in [3.63, 3.8) is 0 Å². The van der Waals surface area contributed by atoms with Crippen LogP contribution < -0.4 is 5.32 Å². The molecule has 0 amide bonds. The molecule has 28 heavy (non-hydrogen) atoms. The average molecular weight is 377 g/mol. The summed E-state index contributed by atoms with van der Waals surface area (Å²) in [6.07, 6.45) is 7.38. The number of nitrogens with one attached hydrogen (secondary N) is 1. The highest BCUT2D eigenvalue weighted by atomic mass is 19.1. The van der Waals surface area contributed by atoms with Gasteiger partial charge in [0.1, 0.15) is 17.5 Å². The largest absolute Gasteiger partial charge is 0.373 e. The first-order valence-corrected chi connectivity index (χ1v) is 8.89. The summed E-state index contributed by atoms with van der Waals surface area (Å²) in [4.78, 5) is 9.33. The maximum Gasteiger partial charge on any atom is 0.162 e. The molecule has 0 atom stereocenters. The van der Waals surface area contributed by atoms with E-state index in [1.807, 2.05) is 44.2 Å². The van der Waals surface area contributed by atoms with Crippen molar-refractivity contribution >= 4 is 22.3 Å². The zero-order chi connectivity index (χ0) is 20.3. The first-order chi connectivity index (χ1) is 13.5. The summed E-state index contributed by atoms with van der Waals surface area (Å²) < 4.78 is 27.4. The Bertz CT molecular complexity index is 1090. The second-order valence-corrected chi connectivity index (χ2v) is 6.29. The lowest BCUT2D eigenvalue weighted by Crippen LogP contribution is -2.02. The van der Waals surface area contributed by atoms with E-state index in [4.69, 9.17) is 4.98 Å². The molecule has 0 radical (unpaired) electrons. The Kier molecular flexibility index (Phi) is 5.64. The lowest BCUT2D eigenvalue weighted by atomic mass is 9.97. The predicted octanol–water partition coefficient (Wildman–Crippen LogP) is 6.07. The fourth-order valence-corrected chi connectivity index (χ4v) is 3.11. The lowest BCUT2D eigenvalue weighted by molar-refractivity contribution is 0.584. The van der Waals surface area contributed by atoms with Crippen molar-refractivity contribution in [2.45, 2.75) is 13.8 Å². The molecule has 1 N–H and O–H groups in total. The summed E-state index contributed by atoms with van der Waals surface area (Å²) in [5.74, 6) is -0.0297. The Morgan fingerprint density at radius 3 is 2.43 bits per heavy atom. The number of halogens is 2. The molecule has 0 saturated heterocycles. The molecule has 3 rings (SSSR count). The van der Waals surface area contributed by atoms with E-state index in [1.54, 1.807) is 13.1 Å². The number of aryl methyl sites for hydroxylation is 1. The van der Waals surface area contributed by atoms with Crippen molar-refractivity contribution < 1.29 is 8.78 Å². The number of rotatable bonds is 5. The van der Waals surface area contributed by atoms with Crippen molar-refractivity contribution in [1.82, 2.24) is 9.97 Å². The number of aromatic nitrogens is 2. The third-order valence-electron chi connectivity index (χ3n) is 4.48. The van der Waals surface area contributed by atoms with Gasteiger partial charge in [0.15, 0.2) is 5.82 Å². The zero-order valence-corrected chi connectivity index (χ0v) is 16.1. The molecule has 0 aliphatic rings. The van der Waals surface area contributed by atoms with Gasteiger partial charge in [-0.25, -0.2) is 18.7 Å². The average Bonchev–Trinajstić information content (AvgIpc) is 2.67. The van der Waals surface area contributed by atoms with Crippen LogP contribution in [0.3, 0.4) is 0 Å². The van der Waals surface area contributed by atoms with E-state index in [0.29, 0.717) is 22.7 Å². The Morgan fingerprint density at radius 1 is 1.11 bits per heavy atom. The Balaban J connectivity index is 2.29. The Labute approximate surface area is 163 Å². The van der Waals surface area contributed by atoms with Crippen molar-refractivity contribution in [3.05, 3.63) is 84.2 Å². The van der Waals surface area contributed by atoms with Gasteiger partial charge in [-0.05, 0) is 48.7 Å². The molecule has 3 aromatic rings. The fraction of sp³-hybridized carbons (Fsp3) is 0.130. The molecular weight excluding hydrogens is 356 g/mol. The van der Waals surface area contributed by atoms with E-state index in [-0.39, 0.29) is 0 Å². The van der Waals surface area contributed by atoms with Gasteiger partial charge in [0.05, 0.1) is 5.52 Å². The lowest BCUT2D eigenvalue weighted by Gasteiger charge is -2.14. The van der Waals surface area contributed by atoms with Crippen LogP contribution in [0.25, 0.3) is 27.6 Å². The minimum atomic E-state index is -0.614. The van der Waals surface area contributed by atoms with Gasteiger partial charge in [-0.15, -0.1) is 0 Å². The van der Waals surface area contributed by atoms with Gasteiger partial charge in [-0.2, -0.15) is 0 Å². The maximum atomic E-state index is 13.7. The van der Waals surface area contributed by atoms with Crippen molar-refractivity contribution in [1.29, 1.82) is 0 Å². The number of anilines is 1. The van der Waals surface area contributed by atoms with Gasteiger partial charge in [-0.3, -0.25) is 0 Å². The molecule has 0 aliphatic heterocycles.